The monoisotopic (exact) mass is 867 g/mol. The zero-order chi connectivity index (χ0) is 34.2. The second kappa shape index (κ2) is 16.0. The first-order chi connectivity index (χ1) is 20.8. The average molecular weight is 868 g/mol. The van der Waals surface area contributed by atoms with Crippen molar-refractivity contribution in [3.05, 3.63) is 0 Å². The number of hydrogen-bond acceptors (Lipinski definition) is 12. The number of Topliss-reactive ketones (excluding diaryl/α,β-unsaturated/α-hetero) is 2. The molecular formula is C32H52AcN2O11. The number of alkyl carbamates (subject to hydrolysis) is 1. The van der Waals surface area contributed by atoms with Crippen molar-refractivity contribution in [2.24, 2.45) is 23.7 Å². The number of ketones is 2. The summed E-state index contributed by atoms with van der Waals surface area (Å²) in [5, 5.41) is 14.0. The van der Waals surface area contributed by atoms with E-state index in [0.29, 0.717) is 6.42 Å². The number of cyclic esters (lactones) is 1. The summed E-state index contributed by atoms with van der Waals surface area (Å²) in [5.41, 5.74) is -2.99. The summed E-state index contributed by atoms with van der Waals surface area (Å²) in [6.07, 6.45) is -4.88. The van der Waals surface area contributed by atoms with Crippen LogP contribution >= 0.6 is 0 Å². The Bertz CT molecular complexity index is 1150. The molecule has 13 atom stereocenters. The van der Waals surface area contributed by atoms with Gasteiger partial charge in [-0.15, -0.1) is 0 Å². The Labute approximate surface area is 308 Å². The van der Waals surface area contributed by atoms with Crippen LogP contribution < -0.4 is 5.32 Å². The number of fused-ring (bicyclic) bond motifs is 1. The molecule has 1 radical (unpaired) electrons. The van der Waals surface area contributed by atoms with Crippen LogP contribution in [0.3, 0.4) is 0 Å². The minimum absolute atomic E-state index is 0. The molecule has 0 saturated carbocycles. The molecule has 259 valence electrons. The summed E-state index contributed by atoms with van der Waals surface area (Å²) in [7, 11) is 3.65. The van der Waals surface area contributed by atoms with Crippen LogP contribution in [0.2, 0.25) is 0 Å². The van der Waals surface area contributed by atoms with Crippen LogP contribution in [-0.4, -0.2) is 108 Å². The van der Waals surface area contributed by atoms with Gasteiger partial charge in [0, 0.05) is 74.8 Å². The third-order valence-corrected chi connectivity index (χ3v) is 9.84. The molecule has 3 heterocycles. The molecule has 0 aromatic heterocycles. The van der Waals surface area contributed by atoms with E-state index in [-0.39, 0.29) is 74.8 Å². The van der Waals surface area contributed by atoms with Gasteiger partial charge < -0.3 is 39.0 Å². The number of nitrogens with one attached hydrogen (secondary N) is 1. The van der Waals surface area contributed by atoms with Crippen LogP contribution in [-0.2, 0) is 42.9 Å². The third-order valence-electron chi connectivity index (χ3n) is 9.84. The zero-order valence-electron chi connectivity index (χ0n) is 29.0. The van der Waals surface area contributed by atoms with Gasteiger partial charge >= 0.3 is 18.0 Å². The molecule has 3 rings (SSSR count). The van der Waals surface area contributed by atoms with Crippen molar-refractivity contribution < 1.29 is 96.8 Å². The van der Waals surface area contributed by atoms with Crippen molar-refractivity contribution in [2.75, 3.05) is 14.1 Å². The summed E-state index contributed by atoms with van der Waals surface area (Å²) in [6, 6.07) is -1.18. The zero-order valence-corrected chi connectivity index (χ0v) is 33.8. The summed E-state index contributed by atoms with van der Waals surface area (Å²) in [6.45, 7) is 14.3. The van der Waals surface area contributed by atoms with Gasteiger partial charge in [0.05, 0.1) is 12.1 Å². The van der Waals surface area contributed by atoms with Gasteiger partial charge in [-0.1, -0.05) is 27.7 Å². The van der Waals surface area contributed by atoms with Crippen LogP contribution in [0.1, 0.15) is 81.6 Å². The van der Waals surface area contributed by atoms with Gasteiger partial charge in [0.25, 0.3) is 0 Å². The smallest absolute Gasteiger partial charge is 0.408 e. The minimum atomic E-state index is -1.59. The number of carbonyl (C=O) groups is 5. The van der Waals surface area contributed by atoms with Crippen molar-refractivity contribution in [3.8, 4) is 0 Å². The number of aliphatic hydroxyl groups excluding tert-OH is 1. The number of rotatable bonds is 5. The third kappa shape index (κ3) is 8.51. The van der Waals surface area contributed by atoms with E-state index in [1.54, 1.807) is 41.5 Å². The number of ether oxygens (including phenoxy) is 5. The number of hydrogen-bond donors (Lipinski definition) is 2. The molecule has 46 heavy (non-hydrogen) atoms. The molecule has 13 nitrogen and oxygen atoms in total. The van der Waals surface area contributed by atoms with E-state index in [2.05, 4.69) is 5.32 Å². The van der Waals surface area contributed by atoms with E-state index < -0.39 is 89.3 Å². The number of amides is 1. The van der Waals surface area contributed by atoms with Crippen LogP contribution in [0.25, 0.3) is 0 Å². The fourth-order valence-corrected chi connectivity index (χ4v) is 7.41. The van der Waals surface area contributed by atoms with E-state index in [4.69, 9.17) is 23.7 Å². The Morgan fingerprint density at radius 2 is 1.65 bits per heavy atom. The largest absolute Gasteiger partial charge is 0.458 e. The predicted molar refractivity (Wildman–Crippen MR) is 161 cm³/mol. The van der Waals surface area contributed by atoms with Crippen molar-refractivity contribution in [3.63, 3.8) is 0 Å². The Balaban J connectivity index is 0.00000736. The van der Waals surface area contributed by atoms with Crippen molar-refractivity contribution in [1.29, 1.82) is 0 Å². The maximum absolute atomic E-state index is 14.0. The molecule has 3 aliphatic heterocycles. The maximum Gasteiger partial charge on any atom is 0.408 e. The molecule has 3 fully saturated rings. The Morgan fingerprint density at radius 1 is 1.04 bits per heavy atom. The van der Waals surface area contributed by atoms with Gasteiger partial charge in [0.15, 0.2) is 17.7 Å². The fraction of sp³-hybridized carbons (Fsp3) is 0.844. The van der Waals surface area contributed by atoms with Gasteiger partial charge in [-0.25, -0.2) is 4.79 Å². The quantitative estimate of drug-likeness (QED) is 0.236. The first-order valence-electron chi connectivity index (χ1n) is 15.9. The molecule has 0 aromatic carbocycles. The molecule has 0 unspecified atom stereocenters. The Morgan fingerprint density at radius 3 is 2.20 bits per heavy atom. The topological polar surface area (TPSA) is 167 Å². The fourth-order valence-electron chi connectivity index (χ4n) is 7.41. The number of likely N-dealkylation sites (N-methyl/N-ethyl adjacent to an activating group) is 1. The Kier molecular flexibility index (Phi) is 14.3. The second-order valence-corrected chi connectivity index (χ2v) is 13.8. The van der Waals surface area contributed by atoms with E-state index in [9.17, 15) is 29.1 Å². The van der Waals surface area contributed by atoms with Gasteiger partial charge in [-0.2, -0.15) is 0 Å². The van der Waals surface area contributed by atoms with Crippen molar-refractivity contribution in [1.82, 2.24) is 10.2 Å². The molecule has 0 bridgehead atoms. The molecule has 0 aliphatic carbocycles. The first kappa shape index (κ1) is 41.0. The molecule has 0 aromatic rings. The van der Waals surface area contributed by atoms with Crippen molar-refractivity contribution >= 4 is 29.6 Å². The molecule has 2 N–H and O–H groups in total. The van der Waals surface area contributed by atoms with Crippen LogP contribution in [0.5, 0.6) is 0 Å². The van der Waals surface area contributed by atoms with Crippen LogP contribution in [0, 0.1) is 67.7 Å². The molecule has 3 aliphatic rings. The van der Waals surface area contributed by atoms with Crippen molar-refractivity contribution in [2.45, 2.75) is 136 Å². The normalized spacial score (nSPS) is 42.6. The van der Waals surface area contributed by atoms with Gasteiger partial charge in [-0.05, 0) is 61.1 Å². The number of carbonyl (C=O) groups excluding carboxylic acids is 5. The maximum atomic E-state index is 14.0. The van der Waals surface area contributed by atoms with Gasteiger partial charge in [-0.3, -0.25) is 19.2 Å². The molecule has 0 spiro atoms. The van der Waals surface area contributed by atoms with Gasteiger partial charge in [0.1, 0.15) is 35.6 Å². The SMILES string of the molecule is CC[C@H]1OC(=O)[C@H](C)C(=O)[C@H](C)[C@@H](O[C@@H]2O[C@H](C)C[C@H](N(C)C)[C@H]2O)[C@](C)(OC(C)=O)C[C@@H](C)C(=O)[C@H](C)[C@H]2NC(=O)O[C@@]21C.[Ac]. The first-order valence-corrected chi connectivity index (χ1v) is 15.9. The van der Waals surface area contributed by atoms with Crippen LogP contribution in [0.4, 0.5) is 4.79 Å². The summed E-state index contributed by atoms with van der Waals surface area (Å²) in [4.78, 5) is 68.5. The summed E-state index contributed by atoms with van der Waals surface area (Å²) >= 11 is 0. The number of esters is 2. The van der Waals surface area contributed by atoms with E-state index >= 15 is 0 Å². The van der Waals surface area contributed by atoms with E-state index in [0.717, 1.165) is 0 Å². The number of nitrogens with zero attached hydrogens (tertiary/aromatic N) is 1. The number of aliphatic hydroxyl groups is 1. The standard InChI is InChI=1S/C32H52N2O11.Ac/c1-12-22-32(9)26(33-30(40)45-32)17(4)23(36)15(2)14-31(8,44-20(7)35)27(18(5)24(37)19(6)28(39)42-22)43-29-25(38)21(34(10)11)13-16(3)41-29;/h15-19,21-22,25-27,29,38H,12-14H2,1-11H3,(H,33,40);/t15-,16-,17+,18+,19-,21+,22-,25-,26-,27-,29+,31-,32-;/m1./s1. The molecule has 14 heteroatoms. The molecule has 3 saturated heterocycles. The Hall–Kier alpha value is -1.17. The molecule has 1 amide bonds. The summed E-state index contributed by atoms with van der Waals surface area (Å²) in [5.74, 6) is -6.26. The average Bonchev–Trinajstić information content (AvgIpc) is 3.26. The van der Waals surface area contributed by atoms with E-state index in [1.165, 1.54) is 13.8 Å². The van der Waals surface area contributed by atoms with Crippen LogP contribution in [0.15, 0.2) is 0 Å². The summed E-state index contributed by atoms with van der Waals surface area (Å²) < 4.78 is 29.9. The van der Waals surface area contributed by atoms with E-state index in [1.807, 2.05) is 25.9 Å². The molecular weight excluding hydrogens is 815 g/mol. The second-order valence-electron chi connectivity index (χ2n) is 13.8. The minimum Gasteiger partial charge on any atom is -0.458 e. The predicted octanol–water partition coefficient (Wildman–Crippen LogP) is 2.39. The van der Waals surface area contributed by atoms with Gasteiger partial charge in [0.2, 0.25) is 0 Å².